The molecule has 0 aliphatic carbocycles. The van der Waals surface area contributed by atoms with Crippen molar-refractivity contribution in [3.8, 4) is 0 Å². The Bertz CT molecular complexity index is 875. The van der Waals surface area contributed by atoms with Crippen LogP contribution in [-0.2, 0) is 16.1 Å². The lowest BCUT2D eigenvalue weighted by atomic mass is 9.90. The summed E-state index contributed by atoms with van der Waals surface area (Å²) in [5.74, 6) is -0.997. The number of carbonyl (C=O) groups is 3. The molecule has 1 atom stereocenters. The van der Waals surface area contributed by atoms with Gasteiger partial charge in [0.2, 0.25) is 5.91 Å². The predicted molar refractivity (Wildman–Crippen MR) is 97.0 cm³/mol. The normalized spacial score (nSPS) is 19.5. The Kier molecular flexibility index (Phi) is 4.58. The first-order valence-corrected chi connectivity index (χ1v) is 8.41. The van der Waals surface area contributed by atoms with Crippen LogP contribution in [0.4, 0.5) is 10.5 Å². The van der Waals surface area contributed by atoms with E-state index in [1.165, 1.54) is 4.90 Å². The van der Waals surface area contributed by atoms with Gasteiger partial charge in [0.15, 0.2) is 0 Å². The van der Waals surface area contributed by atoms with Gasteiger partial charge < -0.3 is 25.2 Å². The highest BCUT2D eigenvalue weighted by Gasteiger charge is 2.42. The minimum absolute atomic E-state index is 0.109. The van der Waals surface area contributed by atoms with Crippen molar-refractivity contribution in [1.82, 2.24) is 14.8 Å². The minimum Gasteiger partial charge on any atom is -0.481 e. The zero-order chi connectivity index (χ0) is 18.9. The first kappa shape index (κ1) is 17.8. The standard InChI is InChI=1S/C18H22N4O4/c1-18(16(24)25)6-8-22(11-18)17(26)20-13-4-3-12-5-7-21(14(12)9-13)10-15(23)19-2/h3-5,7,9H,6,8,10-11H2,1-2H3,(H,19,23)(H,20,26)(H,24,25). The Hall–Kier alpha value is -3.03. The fraction of sp³-hybridized carbons (Fsp3) is 0.389. The monoisotopic (exact) mass is 358 g/mol. The molecule has 0 radical (unpaired) electrons. The molecule has 1 aliphatic heterocycles. The van der Waals surface area contributed by atoms with Gasteiger partial charge in [0.25, 0.3) is 0 Å². The molecule has 0 spiro atoms. The number of likely N-dealkylation sites (N-methyl/N-ethyl adjacent to an activating group) is 1. The number of amides is 3. The number of hydrogen-bond donors (Lipinski definition) is 3. The van der Waals surface area contributed by atoms with E-state index in [4.69, 9.17) is 0 Å². The molecule has 0 saturated carbocycles. The quantitative estimate of drug-likeness (QED) is 0.774. The number of aliphatic carboxylic acids is 1. The largest absolute Gasteiger partial charge is 0.481 e. The Morgan fingerprint density at radius 3 is 2.69 bits per heavy atom. The van der Waals surface area contributed by atoms with Crippen molar-refractivity contribution >= 4 is 34.5 Å². The molecule has 1 aromatic heterocycles. The smallest absolute Gasteiger partial charge is 0.321 e. The number of nitrogens with zero attached hydrogens (tertiary/aromatic N) is 2. The van der Waals surface area contributed by atoms with E-state index in [-0.39, 0.29) is 25.0 Å². The second-order valence-electron chi connectivity index (χ2n) is 6.86. The number of urea groups is 1. The van der Waals surface area contributed by atoms with Crippen LogP contribution in [0, 0.1) is 5.41 Å². The summed E-state index contributed by atoms with van der Waals surface area (Å²) >= 11 is 0. The fourth-order valence-electron chi connectivity index (χ4n) is 3.14. The number of carboxylic acid groups (broad SMARTS) is 1. The van der Waals surface area contributed by atoms with Crippen molar-refractivity contribution in [3.63, 3.8) is 0 Å². The zero-order valence-electron chi connectivity index (χ0n) is 14.8. The van der Waals surface area contributed by atoms with Crippen molar-refractivity contribution in [2.45, 2.75) is 19.9 Å². The number of aromatic nitrogens is 1. The molecule has 8 nitrogen and oxygen atoms in total. The van der Waals surface area contributed by atoms with Gasteiger partial charge in [-0.15, -0.1) is 0 Å². The number of benzene rings is 1. The molecule has 1 aliphatic rings. The number of hydrogen-bond acceptors (Lipinski definition) is 3. The highest BCUT2D eigenvalue weighted by Crippen LogP contribution is 2.30. The molecule has 2 aromatic rings. The van der Waals surface area contributed by atoms with E-state index in [0.717, 1.165) is 10.9 Å². The van der Waals surface area contributed by atoms with Crippen LogP contribution >= 0.6 is 0 Å². The SMILES string of the molecule is CNC(=O)Cn1ccc2ccc(NC(=O)N3CCC(C)(C(=O)O)C3)cc21. The van der Waals surface area contributed by atoms with Gasteiger partial charge in [-0.1, -0.05) is 6.07 Å². The summed E-state index contributed by atoms with van der Waals surface area (Å²) in [5.41, 5.74) is 0.537. The number of likely N-dealkylation sites (tertiary alicyclic amines) is 1. The van der Waals surface area contributed by atoms with Gasteiger partial charge in [-0.25, -0.2) is 4.79 Å². The average molecular weight is 358 g/mol. The highest BCUT2D eigenvalue weighted by atomic mass is 16.4. The molecule has 8 heteroatoms. The van der Waals surface area contributed by atoms with Crippen molar-refractivity contribution < 1.29 is 19.5 Å². The van der Waals surface area contributed by atoms with Gasteiger partial charge in [0, 0.05) is 32.0 Å². The van der Waals surface area contributed by atoms with Gasteiger partial charge >= 0.3 is 12.0 Å². The summed E-state index contributed by atoms with van der Waals surface area (Å²) in [7, 11) is 1.58. The molecule has 138 valence electrons. The summed E-state index contributed by atoms with van der Waals surface area (Å²) in [5, 5.41) is 15.7. The summed E-state index contributed by atoms with van der Waals surface area (Å²) in [6.45, 7) is 2.44. The van der Waals surface area contributed by atoms with Crippen LogP contribution in [0.5, 0.6) is 0 Å². The number of carbonyl (C=O) groups excluding carboxylic acids is 2. The van der Waals surface area contributed by atoms with Crippen molar-refractivity contribution in [2.75, 3.05) is 25.5 Å². The average Bonchev–Trinajstić information content (AvgIpc) is 3.20. The van der Waals surface area contributed by atoms with Gasteiger partial charge in [-0.05, 0) is 36.9 Å². The highest BCUT2D eigenvalue weighted by molar-refractivity contribution is 5.94. The van der Waals surface area contributed by atoms with Crippen LogP contribution in [0.3, 0.4) is 0 Å². The number of nitrogens with one attached hydrogen (secondary N) is 2. The molecule has 2 heterocycles. The maximum Gasteiger partial charge on any atom is 0.321 e. The molecule has 3 amide bonds. The maximum absolute atomic E-state index is 12.5. The van der Waals surface area contributed by atoms with E-state index in [1.807, 2.05) is 24.4 Å². The van der Waals surface area contributed by atoms with Gasteiger partial charge in [-0.3, -0.25) is 9.59 Å². The fourth-order valence-corrected chi connectivity index (χ4v) is 3.14. The summed E-state index contributed by atoms with van der Waals surface area (Å²) in [4.78, 5) is 36.9. The Morgan fingerprint density at radius 2 is 2.04 bits per heavy atom. The third-order valence-electron chi connectivity index (χ3n) is 4.89. The molecule has 0 bridgehead atoms. The first-order valence-electron chi connectivity index (χ1n) is 8.41. The predicted octanol–water partition coefficient (Wildman–Crippen LogP) is 1.72. The van der Waals surface area contributed by atoms with E-state index < -0.39 is 11.4 Å². The molecular weight excluding hydrogens is 336 g/mol. The number of rotatable bonds is 4. The van der Waals surface area contributed by atoms with E-state index in [9.17, 15) is 19.5 Å². The Labute approximate surface area is 150 Å². The molecule has 26 heavy (non-hydrogen) atoms. The van der Waals surface area contributed by atoms with Gasteiger partial charge in [-0.2, -0.15) is 0 Å². The summed E-state index contributed by atoms with van der Waals surface area (Å²) < 4.78 is 1.81. The lowest BCUT2D eigenvalue weighted by Crippen LogP contribution is -2.37. The summed E-state index contributed by atoms with van der Waals surface area (Å²) in [6, 6.07) is 7.05. The zero-order valence-corrected chi connectivity index (χ0v) is 14.8. The second kappa shape index (κ2) is 6.70. The van der Waals surface area contributed by atoms with Gasteiger partial charge in [0.1, 0.15) is 6.54 Å². The molecule has 1 fully saturated rings. The summed E-state index contributed by atoms with van der Waals surface area (Å²) in [6.07, 6.45) is 2.26. The van der Waals surface area contributed by atoms with Crippen LogP contribution in [0.25, 0.3) is 10.9 Å². The van der Waals surface area contributed by atoms with Crippen LogP contribution < -0.4 is 10.6 Å². The second-order valence-corrected chi connectivity index (χ2v) is 6.86. The lowest BCUT2D eigenvalue weighted by Gasteiger charge is -2.20. The third kappa shape index (κ3) is 3.35. The van der Waals surface area contributed by atoms with Crippen molar-refractivity contribution in [1.29, 1.82) is 0 Å². The van der Waals surface area contributed by atoms with E-state index in [2.05, 4.69) is 10.6 Å². The molecule has 3 N–H and O–H groups in total. The maximum atomic E-state index is 12.5. The Morgan fingerprint density at radius 1 is 1.27 bits per heavy atom. The minimum atomic E-state index is -0.899. The lowest BCUT2D eigenvalue weighted by molar-refractivity contribution is -0.147. The van der Waals surface area contributed by atoms with E-state index >= 15 is 0 Å². The topological polar surface area (TPSA) is 104 Å². The molecular formula is C18H22N4O4. The van der Waals surface area contributed by atoms with Gasteiger partial charge in [0.05, 0.1) is 10.9 Å². The van der Waals surface area contributed by atoms with Crippen LogP contribution in [0.1, 0.15) is 13.3 Å². The van der Waals surface area contributed by atoms with Crippen LogP contribution in [0.2, 0.25) is 0 Å². The molecule has 1 saturated heterocycles. The molecule has 1 aromatic carbocycles. The van der Waals surface area contributed by atoms with Crippen LogP contribution in [-0.4, -0.2) is 52.6 Å². The Balaban J connectivity index is 1.75. The number of carboxylic acids is 1. The van der Waals surface area contributed by atoms with E-state index in [1.54, 1.807) is 24.6 Å². The van der Waals surface area contributed by atoms with Crippen molar-refractivity contribution in [3.05, 3.63) is 30.5 Å². The molecule has 1 unspecified atom stereocenters. The number of anilines is 1. The van der Waals surface area contributed by atoms with Crippen molar-refractivity contribution in [2.24, 2.45) is 5.41 Å². The first-order chi connectivity index (χ1) is 12.3. The van der Waals surface area contributed by atoms with Crippen LogP contribution in [0.15, 0.2) is 30.5 Å². The number of fused-ring (bicyclic) bond motifs is 1. The molecule has 3 rings (SSSR count). The third-order valence-corrected chi connectivity index (χ3v) is 4.89. The van der Waals surface area contributed by atoms with E-state index in [0.29, 0.717) is 18.7 Å².